The predicted octanol–water partition coefficient (Wildman–Crippen LogP) is 6.40. The van der Waals surface area contributed by atoms with Gasteiger partial charge < -0.3 is 14.2 Å². The summed E-state index contributed by atoms with van der Waals surface area (Å²) in [6, 6.07) is 15.8. The van der Waals surface area contributed by atoms with Crippen molar-refractivity contribution in [1.29, 1.82) is 0 Å². The first-order valence-electron chi connectivity index (χ1n) is 13.3. The lowest BCUT2D eigenvalue weighted by molar-refractivity contribution is -0.146. The average molecular weight is 504 g/mol. The molecular formula is C31H37NO5. The van der Waals surface area contributed by atoms with E-state index in [2.05, 4.69) is 19.1 Å². The molecule has 2 aliphatic rings. The molecule has 196 valence electrons. The maximum Gasteiger partial charge on any atom is 0.315 e. The van der Waals surface area contributed by atoms with Crippen LogP contribution in [-0.4, -0.2) is 37.8 Å². The van der Waals surface area contributed by atoms with Crippen LogP contribution in [0, 0.1) is 5.92 Å². The second kappa shape index (κ2) is 12.2. The molecule has 4 rings (SSSR count). The number of aliphatic imine (C=N–C) groups is 1. The Morgan fingerprint density at radius 1 is 0.973 bits per heavy atom. The Hall–Kier alpha value is -3.41. The van der Waals surface area contributed by atoms with Crippen molar-refractivity contribution >= 4 is 17.5 Å². The Labute approximate surface area is 219 Å². The Kier molecular flexibility index (Phi) is 8.80. The summed E-state index contributed by atoms with van der Waals surface area (Å²) in [6.45, 7) is 6.90. The van der Waals surface area contributed by atoms with Gasteiger partial charge in [0.1, 0.15) is 5.92 Å². The molecule has 3 atom stereocenters. The van der Waals surface area contributed by atoms with E-state index < -0.39 is 11.8 Å². The Balaban J connectivity index is 1.77. The number of Topliss-reactive ketones (excluding diaryl/α,β-unsaturated/α-hetero) is 1. The molecule has 0 radical (unpaired) electrons. The highest BCUT2D eigenvalue weighted by atomic mass is 16.5. The van der Waals surface area contributed by atoms with E-state index in [4.69, 9.17) is 19.2 Å². The normalized spacial score (nSPS) is 21.2. The lowest BCUT2D eigenvalue weighted by Gasteiger charge is -2.36. The minimum absolute atomic E-state index is 0.0352. The maximum atomic E-state index is 13.8. The van der Waals surface area contributed by atoms with E-state index in [1.54, 1.807) is 7.11 Å². The number of hydrogen-bond acceptors (Lipinski definition) is 6. The third-order valence-electron chi connectivity index (χ3n) is 7.16. The van der Waals surface area contributed by atoms with Crippen LogP contribution in [0.3, 0.4) is 0 Å². The molecule has 0 fully saturated rings. The molecule has 0 spiro atoms. The summed E-state index contributed by atoms with van der Waals surface area (Å²) >= 11 is 0. The third-order valence-corrected chi connectivity index (χ3v) is 7.16. The topological polar surface area (TPSA) is 74.2 Å². The molecule has 0 aromatic heterocycles. The minimum Gasteiger partial charge on any atom is -0.493 e. The van der Waals surface area contributed by atoms with Gasteiger partial charge in [-0.3, -0.25) is 14.6 Å². The molecular weight excluding hydrogens is 466 g/mol. The SMILES string of the molecule is CCCCOC(=O)C1C(C)=NC2=C(C(=O)C[C@@H](c3ccccc3)C2)[C@@H]1c1ccc(OCCC)c(OC)c1. The Morgan fingerprint density at radius 2 is 1.76 bits per heavy atom. The van der Waals surface area contributed by atoms with Crippen molar-refractivity contribution in [2.45, 2.75) is 64.7 Å². The van der Waals surface area contributed by atoms with Crippen LogP contribution in [0.25, 0.3) is 0 Å². The average Bonchev–Trinajstić information content (AvgIpc) is 2.91. The lowest BCUT2D eigenvalue weighted by Crippen LogP contribution is -2.38. The molecule has 1 heterocycles. The number of nitrogens with zero attached hydrogens (tertiary/aromatic N) is 1. The second-order valence-electron chi connectivity index (χ2n) is 9.79. The van der Waals surface area contributed by atoms with E-state index in [0.717, 1.165) is 36.1 Å². The number of ketones is 1. The zero-order valence-corrected chi connectivity index (χ0v) is 22.3. The number of methoxy groups -OCH3 is 1. The summed E-state index contributed by atoms with van der Waals surface area (Å²) in [5, 5.41) is 0. The number of allylic oxidation sites excluding steroid dienone is 2. The number of ether oxygens (including phenoxy) is 3. The Bertz CT molecular complexity index is 1180. The van der Waals surface area contributed by atoms with Gasteiger partial charge in [-0.15, -0.1) is 0 Å². The molecule has 37 heavy (non-hydrogen) atoms. The highest BCUT2D eigenvalue weighted by Crippen LogP contribution is 2.48. The molecule has 0 bridgehead atoms. The predicted molar refractivity (Wildman–Crippen MR) is 144 cm³/mol. The Morgan fingerprint density at radius 3 is 2.46 bits per heavy atom. The van der Waals surface area contributed by atoms with Crippen LogP contribution in [0.1, 0.15) is 75.8 Å². The zero-order chi connectivity index (χ0) is 26.4. The first-order valence-corrected chi connectivity index (χ1v) is 13.3. The van der Waals surface area contributed by atoms with Gasteiger partial charge in [0.25, 0.3) is 0 Å². The summed E-state index contributed by atoms with van der Waals surface area (Å²) in [6.07, 6.45) is 3.65. The van der Waals surface area contributed by atoms with E-state index in [1.807, 2.05) is 50.2 Å². The summed E-state index contributed by atoms with van der Waals surface area (Å²) in [4.78, 5) is 32.0. The molecule has 0 saturated heterocycles. The van der Waals surface area contributed by atoms with Crippen LogP contribution in [0.15, 0.2) is 64.8 Å². The first kappa shape index (κ1) is 26.6. The summed E-state index contributed by atoms with van der Waals surface area (Å²) in [7, 11) is 1.60. The van der Waals surface area contributed by atoms with Crippen molar-refractivity contribution in [1.82, 2.24) is 0 Å². The van der Waals surface area contributed by atoms with Crippen molar-refractivity contribution in [2.24, 2.45) is 10.9 Å². The molecule has 2 aromatic carbocycles. The van der Waals surface area contributed by atoms with Gasteiger partial charge in [-0.2, -0.15) is 0 Å². The summed E-state index contributed by atoms with van der Waals surface area (Å²) < 4.78 is 17.2. The number of carbonyl (C=O) groups excluding carboxylic acids is 2. The highest BCUT2D eigenvalue weighted by molar-refractivity contribution is 6.09. The van der Waals surface area contributed by atoms with Gasteiger partial charge in [0, 0.05) is 29.3 Å². The van der Waals surface area contributed by atoms with Gasteiger partial charge >= 0.3 is 5.97 Å². The maximum absolute atomic E-state index is 13.8. The van der Waals surface area contributed by atoms with E-state index in [-0.39, 0.29) is 17.7 Å². The molecule has 1 aliphatic heterocycles. The molecule has 0 saturated carbocycles. The van der Waals surface area contributed by atoms with E-state index in [9.17, 15) is 9.59 Å². The molecule has 1 aliphatic carbocycles. The van der Waals surface area contributed by atoms with Gasteiger partial charge in [-0.25, -0.2) is 0 Å². The van der Waals surface area contributed by atoms with Gasteiger partial charge in [0.05, 0.1) is 20.3 Å². The van der Waals surface area contributed by atoms with Crippen LogP contribution in [-0.2, 0) is 14.3 Å². The van der Waals surface area contributed by atoms with Gasteiger partial charge in [-0.05, 0) is 55.4 Å². The van der Waals surface area contributed by atoms with Crippen molar-refractivity contribution in [3.63, 3.8) is 0 Å². The smallest absolute Gasteiger partial charge is 0.315 e. The molecule has 6 heteroatoms. The molecule has 6 nitrogen and oxygen atoms in total. The number of benzene rings is 2. The lowest BCUT2D eigenvalue weighted by atomic mass is 9.69. The standard InChI is InChI=1S/C31H37NO5/c1-5-7-16-37-31(34)28-20(3)32-24-17-23(21-11-9-8-10-12-21)18-25(33)30(24)29(28)22-13-14-26(36-15-6-2)27(19-22)35-4/h8-14,19,23,28-29H,5-7,15-18H2,1-4H3/t23-,28?,29+/m0/s1. The van der Waals surface area contributed by atoms with Crippen molar-refractivity contribution in [3.05, 3.63) is 70.9 Å². The van der Waals surface area contributed by atoms with Gasteiger partial charge in [0.15, 0.2) is 17.3 Å². The largest absolute Gasteiger partial charge is 0.493 e. The highest BCUT2D eigenvalue weighted by Gasteiger charge is 2.45. The molecule has 0 N–H and O–H groups in total. The van der Waals surface area contributed by atoms with Crippen molar-refractivity contribution in [3.8, 4) is 11.5 Å². The summed E-state index contributed by atoms with van der Waals surface area (Å²) in [5.41, 5.74) is 4.03. The van der Waals surface area contributed by atoms with Crippen LogP contribution in [0.2, 0.25) is 0 Å². The fraction of sp³-hybridized carbons (Fsp3) is 0.452. The second-order valence-corrected chi connectivity index (χ2v) is 9.79. The number of hydrogen-bond donors (Lipinski definition) is 0. The number of esters is 1. The summed E-state index contributed by atoms with van der Waals surface area (Å²) in [5.74, 6) is -0.166. The van der Waals surface area contributed by atoms with Gasteiger partial charge in [-0.1, -0.05) is 56.7 Å². The number of carbonyl (C=O) groups is 2. The van der Waals surface area contributed by atoms with E-state index >= 15 is 0 Å². The fourth-order valence-corrected chi connectivity index (χ4v) is 5.30. The van der Waals surface area contributed by atoms with Crippen LogP contribution < -0.4 is 9.47 Å². The van der Waals surface area contributed by atoms with Crippen molar-refractivity contribution < 1.29 is 23.8 Å². The number of unbranched alkanes of at least 4 members (excludes halogenated alkanes) is 1. The van der Waals surface area contributed by atoms with Crippen molar-refractivity contribution in [2.75, 3.05) is 20.3 Å². The van der Waals surface area contributed by atoms with Gasteiger partial charge in [0.2, 0.25) is 0 Å². The molecule has 2 aromatic rings. The fourth-order valence-electron chi connectivity index (χ4n) is 5.30. The molecule has 1 unspecified atom stereocenters. The number of rotatable bonds is 10. The van der Waals surface area contributed by atoms with E-state index in [1.165, 1.54) is 0 Å². The monoisotopic (exact) mass is 503 g/mol. The molecule has 0 amide bonds. The van der Waals surface area contributed by atoms with Crippen LogP contribution in [0.4, 0.5) is 0 Å². The minimum atomic E-state index is -0.667. The quantitative estimate of drug-likeness (QED) is 0.277. The van der Waals surface area contributed by atoms with E-state index in [0.29, 0.717) is 48.8 Å². The first-order chi connectivity index (χ1) is 18.0. The van der Waals surface area contributed by atoms with Crippen LogP contribution in [0.5, 0.6) is 11.5 Å². The third kappa shape index (κ3) is 5.79. The van der Waals surface area contributed by atoms with Crippen LogP contribution >= 0.6 is 0 Å². The zero-order valence-electron chi connectivity index (χ0n) is 22.3.